The van der Waals surface area contributed by atoms with Crippen LogP contribution < -0.4 is 19.1 Å². The fourth-order valence-corrected chi connectivity index (χ4v) is 4.58. The third-order valence-corrected chi connectivity index (χ3v) is 6.21. The SMILES string of the molecule is COc1cc2c(c(F)c1OC)/C(=N/Br)N(CC(=O)c1cc(N(C)C)c(OC)c(C(C)(C)C)c1)C2. The average molecular weight is 536 g/mol. The van der Waals surface area contributed by atoms with Gasteiger partial charge in [0, 0.05) is 31.8 Å². The van der Waals surface area contributed by atoms with Crippen LogP contribution in [0.15, 0.2) is 22.2 Å². The van der Waals surface area contributed by atoms with Gasteiger partial charge in [0.1, 0.15) is 11.6 Å². The Kier molecular flexibility index (Phi) is 7.45. The van der Waals surface area contributed by atoms with Crippen LogP contribution >= 0.6 is 16.1 Å². The number of rotatable bonds is 7. The number of nitrogens with zero attached hydrogens (tertiary/aromatic N) is 3. The number of ether oxygens (including phenoxy) is 3. The van der Waals surface area contributed by atoms with E-state index in [9.17, 15) is 4.79 Å². The van der Waals surface area contributed by atoms with Gasteiger partial charge in [0.2, 0.25) is 0 Å². The molecule has 0 spiro atoms. The number of hydrogen-bond donors (Lipinski definition) is 0. The van der Waals surface area contributed by atoms with E-state index in [1.807, 2.05) is 31.1 Å². The Morgan fingerprint density at radius 2 is 1.76 bits per heavy atom. The number of hydrogen-bond acceptors (Lipinski definition) is 6. The van der Waals surface area contributed by atoms with Crippen LogP contribution in [0.5, 0.6) is 17.2 Å². The van der Waals surface area contributed by atoms with Gasteiger partial charge in [-0.3, -0.25) is 4.79 Å². The van der Waals surface area contributed by atoms with E-state index in [2.05, 4.69) is 40.9 Å². The van der Waals surface area contributed by atoms with Crippen LogP contribution in [0.1, 0.15) is 47.8 Å². The molecule has 0 bridgehead atoms. The van der Waals surface area contributed by atoms with Gasteiger partial charge in [0.05, 0.1) is 55.3 Å². The van der Waals surface area contributed by atoms with Crippen molar-refractivity contribution in [3.05, 3.63) is 46.3 Å². The van der Waals surface area contributed by atoms with E-state index in [4.69, 9.17) is 14.2 Å². The summed E-state index contributed by atoms with van der Waals surface area (Å²) in [6.45, 7) is 6.57. The summed E-state index contributed by atoms with van der Waals surface area (Å²) in [6, 6.07) is 5.43. The van der Waals surface area contributed by atoms with Gasteiger partial charge in [0.15, 0.2) is 23.1 Å². The van der Waals surface area contributed by atoms with Gasteiger partial charge in [-0.05, 0) is 29.2 Å². The molecular weight excluding hydrogens is 505 g/mol. The number of carbonyl (C=O) groups excluding carboxylic acids is 1. The fraction of sp³-hybridized carbons (Fsp3) is 0.440. The molecule has 1 aliphatic rings. The Bertz CT molecular complexity index is 1140. The van der Waals surface area contributed by atoms with Gasteiger partial charge >= 0.3 is 0 Å². The smallest absolute Gasteiger partial charge is 0.197 e. The summed E-state index contributed by atoms with van der Waals surface area (Å²) in [7, 11) is 8.30. The molecule has 0 amide bonds. The molecule has 0 radical (unpaired) electrons. The van der Waals surface area contributed by atoms with E-state index < -0.39 is 5.82 Å². The third-order valence-electron chi connectivity index (χ3n) is 5.88. The molecule has 2 aromatic carbocycles. The Labute approximate surface area is 208 Å². The molecule has 184 valence electrons. The molecule has 9 heteroatoms. The molecule has 0 aromatic heterocycles. The number of fused-ring (bicyclic) bond motifs is 1. The highest BCUT2D eigenvalue weighted by molar-refractivity contribution is 9.08. The number of carbonyl (C=O) groups is 1. The van der Waals surface area contributed by atoms with Crippen molar-refractivity contribution in [2.75, 3.05) is 46.9 Å². The summed E-state index contributed by atoms with van der Waals surface area (Å²) in [5, 5.41) is 0. The van der Waals surface area contributed by atoms with Crippen molar-refractivity contribution in [1.82, 2.24) is 4.90 Å². The molecule has 0 unspecified atom stereocenters. The van der Waals surface area contributed by atoms with E-state index in [0.717, 1.165) is 17.0 Å². The van der Waals surface area contributed by atoms with Gasteiger partial charge in [-0.1, -0.05) is 20.8 Å². The zero-order valence-corrected chi connectivity index (χ0v) is 22.5. The lowest BCUT2D eigenvalue weighted by Crippen LogP contribution is -2.31. The van der Waals surface area contributed by atoms with Crippen molar-refractivity contribution in [3.8, 4) is 17.2 Å². The number of anilines is 1. The predicted octanol–water partition coefficient (Wildman–Crippen LogP) is 4.97. The van der Waals surface area contributed by atoms with Gasteiger partial charge < -0.3 is 24.0 Å². The van der Waals surface area contributed by atoms with Crippen molar-refractivity contribution in [3.63, 3.8) is 0 Å². The van der Waals surface area contributed by atoms with Crippen LogP contribution in [0.2, 0.25) is 0 Å². The summed E-state index contributed by atoms with van der Waals surface area (Å²) >= 11 is 3.11. The lowest BCUT2D eigenvalue weighted by atomic mass is 9.84. The van der Waals surface area contributed by atoms with Gasteiger partial charge in [0.25, 0.3) is 0 Å². The van der Waals surface area contributed by atoms with Crippen LogP contribution in [0.25, 0.3) is 0 Å². The zero-order valence-electron chi connectivity index (χ0n) is 20.9. The van der Waals surface area contributed by atoms with Crippen LogP contribution in [0.3, 0.4) is 0 Å². The summed E-state index contributed by atoms with van der Waals surface area (Å²) in [4.78, 5) is 17.1. The molecule has 0 saturated heterocycles. The fourth-order valence-electron chi connectivity index (χ4n) is 4.17. The van der Waals surface area contributed by atoms with Crippen LogP contribution in [-0.4, -0.2) is 58.5 Å². The van der Waals surface area contributed by atoms with Crippen LogP contribution in [0.4, 0.5) is 10.1 Å². The second kappa shape index (κ2) is 9.82. The molecule has 1 aliphatic heterocycles. The van der Waals surface area contributed by atoms with Crippen molar-refractivity contribution >= 4 is 33.5 Å². The van der Waals surface area contributed by atoms with Gasteiger partial charge in [-0.25, -0.2) is 4.39 Å². The second-order valence-corrected chi connectivity index (χ2v) is 9.72. The molecule has 0 atom stereocenters. The quantitative estimate of drug-likeness (QED) is 0.466. The Balaban J connectivity index is 2.01. The van der Waals surface area contributed by atoms with E-state index >= 15 is 4.39 Å². The second-order valence-electron chi connectivity index (χ2n) is 9.37. The average Bonchev–Trinajstić information content (AvgIpc) is 3.14. The van der Waals surface area contributed by atoms with Crippen molar-refractivity contribution in [2.24, 2.45) is 4.02 Å². The van der Waals surface area contributed by atoms with Crippen molar-refractivity contribution in [1.29, 1.82) is 0 Å². The van der Waals surface area contributed by atoms with E-state index in [-0.39, 0.29) is 23.5 Å². The number of benzene rings is 2. The summed E-state index contributed by atoms with van der Waals surface area (Å²) in [5.74, 6) is 0.687. The molecule has 0 N–H and O–H groups in total. The Hall–Kier alpha value is -2.81. The first-order valence-corrected chi connectivity index (χ1v) is 11.5. The molecule has 3 rings (SSSR count). The van der Waals surface area contributed by atoms with Crippen molar-refractivity contribution in [2.45, 2.75) is 32.7 Å². The molecule has 0 fully saturated rings. The number of amidine groups is 1. The van der Waals surface area contributed by atoms with Crippen molar-refractivity contribution < 1.29 is 23.4 Å². The number of Topliss-reactive ketones (excluding diaryl/α,β-unsaturated/α-hetero) is 1. The van der Waals surface area contributed by atoms with E-state index in [1.165, 1.54) is 14.2 Å². The maximum absolute atomic E-state index is 15.3. The first kappa shape index (κ1) is 25.8. The first-order chi connectivity index (χ1) is 16.0. The lowest BCUT2D eigenvalue weighted by molar-refractivity contribution is 0.0963. The molecular formula is C25H31BrFN3O4. The van der Waals surface area contributed by atoms with E-state index in [1.54, 1.807) is 18.1 Å². The molecule has 0 saturated carbocycles. The maximum Gasteiger partial charge on any atom is 0.197 e. The topological polar surface area (TPSA) is 63.6 Å². The molecule has 7 nitrogen and oxygen atoms in total. The maximum atomic E-state index is 15.3. The molecule has 1 heterocycles. The summed E-state index contributed by atoms with van der Waals surface area (Å²) in [5.41, 5.74) is 3.02. The zero-order chi connectivity index (χ0) is 25.4. The molecule has 2 aromatic rings. The highest BCUT2D eigenvalue weighted by Crippen LogP contribution is 2.41. The molecule has 0 aliphatic carbocycles. The van der Waals surface area contributed by atoms with Crippen LogP contribution in [0, 0.1) is 5.82 Å². The highest BCUT2D eigenvalue weighted by atomic mass is 79.9. The lowest BCUT2D eigenvalue weighted by Gasteiger charge is -2.27. The number of halogens is 2. The highest BCUT2D eigenvalue weighted by Gasteiger charge is 2.34. The number of ketones is 1. The van der Waals surface area contributed by atoms with E-state index in [0.29, 0.717) is 34.8 Å². The molecule has 34 heavy (non-hydrogen) atoms. The summed E-state index contributed by atoms with van der Waals surface area (Å²) in [6.07, 6.45) is 0. The largest absolute Gasteiger partial charge is 0.494 e. The predicted molar refractivity (Wildman–Crippen MR) is 136 cm³/mol. The Morgan fingerprint density at radius 1 is 1.12 bits per heavy atom. The Morgan fingerprint density at radius 3 is 2.26 bits per heavy atom. The third kappa shape index (κ3) is 4.58. The van der Waals surface area contributed by atoms with Crippen LogP contribution in [-0.2, 0) is 12.0 Å². The monoisotopic (exact) mass is 535 g/mol. The normalized spacial score (nSPS) is 14.3. The minimum Gasteiger partial charge on any atom is -0.494 e. The van der Waals surface area contributed by atoms with Gasteiger partial charge in [-0.15, -0.1) is 0 Å². The number of methoxy groups -OCH3 is 3. The first-order valence-electron chi connectivity index (χ1n) is 10.8. The standard InChI is InChI=1S/C25H31BrFN3O4/c1-25(2,3)16-9-14(10-17(29(4)5)22(16)33-7)18(31)13-30-12-15-11-19(32-6)23(34-8)21(27)20(15)24(30)28-26/h9-11H,12-13H2,1-8H3/b28-24-. The minimum absolute atomic E-state index is 0.00340. The van der Waals surface area contributed by atoms with Gasteiger partial charge in [-0.2, -0.15) is 4.02 Å². The summed E-state index contributed by atoms with van der Waals surface area (Å²) < 4.78 is 35.6. The minimum atomic E-state index is -0.570.